The van der Waals surface area contributed by atoms with Crippen LogP contribution >= 0.6 is 11.3 Å². The highest BCUT2D eigenvalue weighted by molar-refractivity contribution is 7.12. The van der Waals surface area contributed by atoms with Gasteiger partial charge in [-0.15, -0.1) is 11.3 Å². The molecule has 1 aliphatic heterocycles. The van der Waals surface area contributed by atoms with E-state index in [1.165, 1.54) is 23.3 Å². The Balaban J connectivity index is 1.88. The number of carbonyl (C=O) groups is 3. The molecule has 2 heterocycles. The first-order valence-corrected chi connectivity index (χ1v) is 7.26. The van der Waals surface area contributed by atoms with Gasteiger partial charge in [-0.2, -0.15) is 0 Å². The fourth-order valence-electron chi connectivity index (χ4n) is 2.12. The minimum atomic E-state index is -0.986. The molecular formula is C13H16N2O5S. The molecule has 2 amide bonds. The van der Waals surface area contributed by atoms with Crippen LogP contribution in [-0.4, -0.2) is 60.6 Å². The Bertz CT molecular complexity index is 531. The molecule has 21 heavy (non-hydrogen) atoms. The maximum absolute atomic E-state index is 12.0. The number of carbonyl (C=O) groups excluding carboxylic acids is 2. The molecule has 1 saturated heterocycles. The zero-order valence-electron chi connectivity index (χ0n) is 11.4. The Morgan fingerprint density at radius 3 is 2.86 bits per heavy atom. The van der Waals surface area contributed by atoms with E-state index in [1.807, 2.05) is 0 Å². The second-order valence-electron chi connectivity index (χ2n) is 4.71. The second-order valence-corrected chi connectivity index (χ2v) is 5.66. The molecule has 8 heteroatoms. The highest BCUT2D eigenvalue weighted by atomic mass is 32.1. The number of hydrogen-bond acceptors (Lipinski definition) is 5. The topological polar surface area (TPSA) is 95.9 Å². The molecule has 0 bridgehead atoms. The van der Waals surface area contributed by atoms with Crippen LogP contribution in [0.5, 0.6) is 0 Å². The van der Waals surface area contributed by atoms with Gasteiger partial charge in [-0.1, -0.05) is 6.07 Å². The third-order valence-corrected chi connectivity index (χ3v) is 4.27. The van der Waals surface area contributed by atoms with Gasteiger partial charge in [0.05, 0.1) is 30.7 Å². The Hall–Kier alpha value is -1.93. The normalized spacial score (nSPS) is 21.0. The van der Waals surface area contributed by atoms with Gasteiger partial charge in [-0.25, -0.2) is 0 Å². The van der Waals surface area contributed by atoms with Crippen LogP contribution in [0.15, 0.2) is 17.5 Å². The fourth-order valence-corrected chi connectivity index (χ4v) is 2.76. The van der Waals surface area contributed by atoms with Crippen molar-refractivity contribution in [2.24, 2.45) is 5.92 Å². The van der Waals surface area contributed by atoms with Gasteiger partial charge in [0.15, 0.2) is 0 Å². The molecule has 2 rings (SSSR count). The molecule has 0 aliphatic carbocycles. The molecule has 114 valence electrons. The van der Waals surface area contributed by atoms with Gasteiger partial charge in [-0.05, 0) is 11.4 Å². The molecular weight excluding hydrogens is 296 g/mol. The smallest absolute Gasteiger partial charge is 0.311 e. The van der Waals surface area contributed by atoms with Gasteiger partial charge < -0.3 is 20.1 Å². The largest absolute Gasteiger partial charge is 0.481 e. The molecule has 0 aromatic carbocycles. The number of nitrogens with zero attached hydrogens (tertiary/aromatic N) is 1. The lowest BCUT2D eigenvalue weighted by Gasteiger charge is -2.26. The summed E-state index contributed by atoms with van der Waals surface area (Å²) in [5.41, 5.74) is 0. The zero-order chi connectivity index (χ0) is 15.4. The average molecular weight is 312 g/mol. The summed E-state index contributed by atoms with van der Waals surface area (Å²) in [6.45, 7) is 0.118. The van der Waals surface area contributed by atoms with Crippen LogP contribution in [0, 0.1) is 5.92 Å². The lowest BCUT2D eigenvalue weighted by molar-refractivity contribution is -0.144. The molecule has 1 fully saturated rings. The van der Waals surface area contributed by atoms with Gasteiger partial charge in [0, 0.05) is 7.05 Å². The zero-order valence-corrected chi connectivity index (χ0v) is 12.3. The van der Waals surface area contributed by atoms with Crippen LogP contribution in [0.4, 0.5) is 0 Å². The van der Waals surface area contributed by atoms with Gasteiger partial charge in [0.2, 0.25) is 5.91 Å². The van der Waals surface area contributed by atoms with Crippen molar-refractivity contribution < 1.29 is 24.2 Å². The van der Waals surface area contributed by atoms with Gasteiger partial charge in [0.25, 0.3) is 5.91 Å². The predicted octanol–water partition coefficient (Wildman–Crippen LogP) is 0.0359. The minimum absolute atomic E-state index is 0.0964. The Labute approximate surface area is 125 Å². The monoisotopic (exact) mass is 312 g/mol. The number of amides is 2. The van der Waals surface area contributed by atoms with E-state index in [-0.39, 0.29) is 31.6 Å². The summed E-state index contributed by atoms with van der Waals surface area (Å²) in [6, 6.07) is 2.91. The summed E-state index contributed by atoms with van der Waals surface area (Å²) in [7, 11) is 1.52. The standard InChI is InChI=1S/C13H16N2O5S/c1-15(9-7-20-6-8(9)13(18)19)11(16)5-14-12(17)10-3-2-4-21-10/h2-4,8-9H,5-7H2,1H3,(H,14,17)(H,18,19). The van der Waals surface area contributed by atoms with Crippen molar-refractivity contribution in [1.82, 2.24) is 10.2 Å². The molecule has 0 saturated carbocycles. The van der Waals surface area contributed by atoms with Crippen LogP contribution in [-0.2, 0) is 14.3 Å². The van der Waals surface area contributed by atoms with Crippen LogP contribution in [0.2, 0.25) is 0 Å². The molecule has 2 unspecified atom stereocenters. The second kappa shape index (κ2) is 6.68. The van der Waals surface area contributed by atoms with Gasteiger partial charge in [0.1, 0.15) is 5.92 Å². The van der Waals surface area contributed by atoms with Crippen LogP contribution in [0.3, 0.4) is 0 Å². The number of nitrogens with one attached hydrogen (secondary N) is 1. The number of thiophene rings is 1. The van der Waals surface area contributed by atoms with E-state index in [9.17, 15) is 14.4 Å². The molecule has 1 aromatic heterocycles. The predicted molar refractivity (Wildman–Crippen MR) is 75.2 cm³/mol. The molecule has 0 spiro atoms. The molecule has 7 nitrogen and oxygen atoms in total. The minimum Gasteiger partial charge on any atom is -0.481 e. The van der Waals surface area contributed by atoms with E-state index >= 15 is 0 Å². The first-order chi connectivity index (χ1) is 10.0. The van der Waals surface area contributed by atoms with Crippen molar-refractivity contribution in [2.45, 2.75) is 6.04 Å². The maximum atomic E-state index is 12.0. The van der Waals surface area contributed by atoms with Crippen LogP contribution in [0.1, 0.15) is 9.67 Å². The SMILES string of the molecule is CN(C(=O)CNC(=O)c1cccs1)C1COCC1C(=O)O. The molecule has 1 aliphatic rings. The lowest BCUT2D eigenvalue weighted by Crippen LogP contribution is -2.47. The third-order valence-electron chi connectivity index (χ3n) is 3.40. The Morgan fingerprint density at radius 2 is 2.24 bits per heavy atom. The number of aliphatic carboxylic acids is 1. The highest BCUT2D eigenvalue weighted by Gasteiger charge is 2.38. The first kappa shape index (κ1) is 15.5. The van der Waals surface area contributed by atoms with E-state index in [1.54, 1.807) is 17.5 Å². The molecule has 2 atom stereocenters. The average Bonchev–Trinajstić information content (AvgIpc) is 3.13. The van der Waals surface area contributed by atoms with Gasteiger partial charge >= 0.3 is 5.97 Å². The number of carboxylic acid groups (broad SMARTS) is 1. The lowest BCUT2D eigenvalue weighted by atomic mass is 10.0. The fraction of sp³-hybridized carbons (Fsp3) is 0.462. The summed E-state index contributed by atoms with van der Waals surface area (Å²) >= 11 is 1.29. The maximum Gasteiger partial charge on any atom is 0.311 e. The summed E-state index contributed by atoms with van der Waals surface area (Å²) in [5, 5.41) is 13.4. The van der Waals surface area contributed by atoms with Crippen molar-refractivity contribution >= 4 is 29.1 Å². The van der Waals surface area contributed by atoms with Crippen molar-refractivity contribution in [1.29, 1.82) is 0 Å². The third kappa shape index (κ3) is 3.59. The first-order valence-electron chi connectivity index (χ1n) is 6.38. The van der Waals surface area contributed by atoms with E-state index < -0.39 is 17.9 Å². The van der Waals surface area contributed by atoms with Crippen molar-refractivity contribution in [3.8, 4) is 0 Å². The number of rotatable bonds is 5. The van der Waals surface area contributed by atoms with Gasteiger partial charge in [-0.3, -0.25) is 14.4 Å². The van der Waals surface area contributed by atoms with Crippen LogP contribution < -0.4 is 5.32 Å². The van der Waals surface area contributed by atoms with Crippen LogP contribution in [0.25, 0.3) is 0 Å². The Kier molecular flexibility index (Phi) is 4.92. The summed E-state index contributed by atoms with van der Waals surface area (Å²) < 4.78 is 5.13. The molecule has 0 radical (unpaired) electrons. The summed E-state index contributed by atoms with van der Waals surface area (Å²) in [4.78, 5) is 36.7. The van der Waals surface area contributed by atoms with E-state index in [0.717, 1.165) is 0 Å². The number of carboxylic acids is 1. The Morgan fingerprint density at radius 1 is 1.48 bits per heavy atom. The quantitative estimate of drug-likeness (QED) is 0.800. The molecule has 1 aromatic rings. The van der Waals surface area contributed by atoms with E-state index in [2.05, 4.69) is 5.32 Å². The van der Waals surface area contributed by atoms with Crippen molar-refractivity contribution in [2.75, 3.05) is 26.8 Å². The number of hydrogen-bond donors (Lipinski definition) is 2. The summed E-state index contributed by atoms with van der Waals surface area (Å²) in [6.07, 6.45) is 0. The number of ether oxygens (including phenoxy) is 1. The van der Waals surface area contributed by atoms with E-state index in [4.69, 9.17) is 9.84 Å². The van der Waals surface area contributed by atoms with E-state index in [0.29, 0.717) is 4.88 Å². The summed E-state index contributed by atoms with van der Waals surface area (Å²) in [5.74, 6) is -2.38. The highest BCUT2D eigenvalue weighted by Crippen LogP contribution is 2.19. The van der Waals surface area contributed by atoms with Crippen molar-refractivity contribution in [3.63, 3.8) is 0 Å². The van der Waals surface area contributed by atoms with Crippen molar-refractivity contribution in [3.05, 3.63) is 22.4 Å². The molecule has 2 N–H and O–H groups in total. The number of likely N-dealkylation sites (N-methyl/N-ethyl adjacent to an activating group) is 1.